The SMILES string of the molecule is NS(=O)(=O)CCNC(=O)C1OCCc2ccccc21. The number of hydrogen-bond donors (Lipinski definition) is 2. The number of benzene rings is 1. The molecule has 1 aliphatic heterocycles. The Kier molecular flexibility index (Phi) is 4.18. The molecule has 104 valence electrons. The first-order chi connectivity index (χ1) is 8.97. The fourth-order valence-electron chi connectivity index (χ4n) is 2.02. The summed E-state index contributed by atoms with van der Waals surface area (Å²) in [6, 6.07) is 7.57. The van der Waals surface area contributed by atoms with Gasteiger partial charge in [-0.15, -0.1) is 0 Å². The third kappa shape index (κ3) is 3.76. The van der Waals surface area contributed by atoms with Gasteiger partial charge in [-0.3, -0.25) is 4.79 Å². The van der Waals surface area contributed by atoms with Gasteiger partial charge in [0.25, 0.3) is 5.91 Å². The summed E-state index contributed by atoms with van der Waals surface area (Å²) in [5.74, 6) is -0.622. The first kappa shape index (κ1) is 14.0. The Balaban J connectivity index is 2.01. The first-order valence-corrected chi connectivity index (χ1v) is 7.66. The Labute approximate surface area is 112 Å². The highest BCUT2D eigenvalue weighted by Gasteiger charge is 2.26. The molecule has 0 aliphatic carbocycles. The highest BCUT2D eigenvalue weighted by molar-refractivity contribution is 7.89. The third-order valence-electron chi connectivity index (χ3n) is 2.92. The van der Waals surface area contributed by atoms with Gasteiger partial charge in [-0.1, -0.05) is 24.3 Å². The number of carbonyl (C=O) groups is 1. The van der Waals surface area contributed by atoms with Crippen LogP contribution in [0.25, 0.3) is 0 Å². The topological polar surface area (TPSA) is 98.5 Å². The van der Waals surface area contributed by atoms with E-state index in [0.29, 0.717) is 6.61 Å². The number of fused-ring (bicyclic) bond motifs is 1. The summed E-state index contributed by atoms with van der Waals surface area (Å²) in [4.78, 5) is 12.0. The Morgan fingerprint density at radius 3 is 2.89 bits per heavy atom. The summed E-state index contributed by atoms with van der Waals surface area (Å²) < 4.78 is 27.0. The van der Waals surface area contributed by atoms with Gasteiger partial charge in [0, 0.05) is 6.54 Å². The zero-order valence-electron chi connectivity index (χ0n) is 10.3. The highest BCUT2D eigenvalue weighted by atomic mass is 32.2. The van der Waals surface area contributed by atoms with E-state index in [1.165, 1.54) is 0 Å². The van der Waals surface area contributed by atoms with E-state index in [1.807, 2.05) is 24.3 Å². The zero-order valence-corrected chi connectivity index (χ0v) is 11.2. The summed E-state index contributed by atoms with van der Waals surface area (Å²) in [5.41, 5.74) is 1.92. The van der Waals surface area contributed by atoms with Crippen LogP contribution in [0.1, 0.15) is 17.2 Å². The largest absolute Gasteiger partial charge is 0.363 e. The Morgan fingerprint density at radius 2 is 2.16 bits per heavy atom. The van der Waals surface area contributed by atoms with Crippen molar-refractivity contribution in [2.24, 2.45) is 5.14 Å². The molecule has 2 rings (SSSR count). The van der Waals surface area contributed by atoms with Gasteiger partial charge in [0.05, 0.1) is 12.4 Å². The molecule has 1 unspecified atom stereocenters. The summed E-state index contributed by atoms with van der Waals surface area (Å²) in [6.45, 7) is 0.462. The maximum Gasteiger partial charge on any atom is 0.253 e. The molecular weight excluding hydrogens is 268 g/mol. The number of nitrogens with two attached hydrogens (primary N) is 1. The Bertz CT molecular complexity index is 571. The summed E-state index contributed by atoms with van der Waals surface area (Å²) in [7, 11) is -3.57. The zero-order chi connectivity index (χ0) is 13.9. The van der Waals surface area contributed by atoms with Crippen molar-refractivity contribution < 1.29 is 17.9 Å². The van der Waals surface area contributed by atoms with Crippen molar-refractivity contribution in [3.8, 4) is 0 Å². The average molecular weight is 284 g/mol. The number of nitrogens with one attached hydrogen (secondary N) is 1. The molecule has 0 saturated carbocycles. The van der Waals surface area contributed by atoms with Crippen molar-refractivity contribution in [1.82, 2.24) is 5.32 Å². The fourth-order valence-corrected chi connectivity index (χ4v) is 2.41. The number of hydrogen-bond acceptors (Lipinski definition) is 4. The molecule has 19 heavy (non-hydrogen) atoms. The van der Waals surface area contributed by atoms with Gasteiger partial charge in [-0.2, -0.15) is 0 Å². The number of sulfonamides is 1. The van der Waals surface area contributed by atoms with Crippen LogP contribution in [0, 0.1) is 0 Å². The summed E-state index contributed by atoms with van der Waals surface area (Å²) >= 11 is 0. The monoisotopic (exact) mass is 284 g/mol. The minimum Gasteiger partial charge on any atom is -0.363 e. The van der Waals surface area contributed by atoms with Crippen molar-refractivity contribution >= 4 is 15.9 Å². The van der Waals surface area contributed by atoms with Crippen molar-refractivity contribution in [2.75, 3.05) is 18.9 Å². The van der Waals surface area contributed by atoms with E-state index < -0.39 is 16.1 Å². The molecule has 6 nitrogen and oxygen atoms in total. The molecule has 0 fully saturated rings. The van der Waals surface area contributed by atoms with Crippen LogP contribution in [0.15, 0.2) is 24.3 Å². The number of amides is 1. The number of ether oxygens (including phenoxy) is 1. The van der Waals surface area contributed by atoms with E-state index in [2.05, 4.69) is 5.32 Å². The summed E-state index contributed by atoms with van der Waals surface area (Å²) in [5, 5.41) is 7.39. The smallest absolute Gasteiger partial charge is 0.253 e. The van der Waals surface area contributed by atoms with Crippen LogP contribution in [0.4, 0.5) is 0 Å². The molecule has 1 atom stereocenters. The second kappa shape index (κ2) is 5.68. The van der Waals surface area contributed by atoms with Crippen LogP contribution in [-0.2, 0) is 26.0 Å². The number of rotatable bonds is 4. The van der Waals surface area contributed by atoms with Crippen LogP contribution < -0.4 is 10.5 Å². The molecule has 0 saturated heterocycles. The van der Waals surface area contributed by atoms with Gasteiger partial charge in [0.2, 0.25) is 10.0 Å². The van der Waals surface area contributed by atoms with E-state index in [1.54, 1.807) is 0 Å². The van der Waals surface area contributed by atoms with Crippen molar-refractivity contribution in [1.29, 1.82) is 0 Å². The second-order valence-electron chi connectivity index (χ2n) is 4.36. The lowest BCUT2D eigenvalue weighted by atomic mass is 9.97. The average Bonchev–Trinajstić information content (AvgIpc) is 2.36. The lowest BCUT2D eigenvalue weighted by molar-refractivity contribution is -0.133. The quantitative estimate of drug-likeness (QED) is 0.793. The normalized spacial score (nSPS) is 18.7. The van der Waals surface area contributed by atoms with Crippen LogP contribution in [0.3, 0.4) is 0 Å². The summed E-state index contributed by atoms with van der Waals surface area (Å²) in [6.07, 6.45) is 0.0994. The molecule has 3 N–H and O–H groups in total. The molecule has 0 bridgehead atoms. The van der Waals surface area contributed by atoms with E-state index in [9.17, 15) is 13.2 Å². The van der Waals surface area contributed by atoms with Gasteiger partial charge >= 0.3 is 0 Å². The van der Waals surface area contributed by atoms with Crippen molar-refractivity contribution in [3.63, 3.8) is 0 Å². The van der Waals surface area contributed by atoms with E-state index in [4.69, 9.17) is 9.88 Å². The van der Waals surface area contributed by atoms with Crippen molar-refractivity contribution in [3.05, 3.63) is 35.4 Å². The van der Waals surface area contributed by atoms with E-state index >= 15 is 0 Å². The van der Waals surface area contributed by atoms with Gasteiger partial charge in [-0.05, 0) is 17.5 Å². The maximum absolute atomic E-state index is 12.0. The lowest BCUT2D eigenvalue weighted by Gasteiger charge is -2.25. The van der Waals surface area contributed by atoms with Crippen LogP contribution in [-0.4, -0.2) is 33.2 Å². The van der Waals surface area contributed by atoms with E-state index in [-0.39, 0.29) is 18.2 Å². The number of carbonyl (C=O) groups excluding carboxylic acids is 1. The first-order valence-electron chi connectivity index (χ1n) is 5.95. The Morgan fingerprint density at radius 1 is 1.42 bits per heavy atom. The van der Waals surface area contributed by atoms with Crippen LogP contribution in [0.5, 0.6) is 0 Å². The standard InChI is InChI=1S/C12H16N2O4S/c13-19(16,17)8-6-14-12(15)11-10-4-2-1-3-9(10)5-7-18-11/h1-4,11H,5-8H2,(H,14,15)(H2,13,16,17). The van der Waals surface area contributed by atoms with Crippen molar-refractivity contribution in [2.45, 2.75) is 12.5 Å². The maximum atomic E-state index is 12.0. The highest BCUT2D eigenvalue weighted by Crippen LogP contribution is 2.26. The molecule has 1 heterocycles. The van der Waals surface area contributed by atoms with E-state index in [0.717, 1.165) is 17.5 Å². The molecule has 1 aromatic rings. The molecule has 0 spiro atoms. The van der Waals surface area contributed by atoms with Crippen LogP contribution in [0.2, 0.25) is 0 Å². The third-order valence-corrected chi connectivity index (χ3v) is 3.69. The lowest BCUT2D eigenvalue weighted by Crippen LogP contribution is -2.37. The minimum atomic E-state index is -3.57. The molecule has 0 radical (unpaired) electrons. The van der Waals surface area contributed by atoms with Gasteiger partial charge in [0.1, 0.15) is 0 Å². The van der Waals surface area contributed by atoms with Gasteiger partial charge in [0.15, 0.2) is 6.10 Å². The van der Waals surface area contributed by atoms with Gasteiger partial charge in [-0.25, -0.2) is 13.6 Å². The molecule has 0 aromatic heterocycles. The minimum absolute atomic E-state index is 0.0142. The fraction of sp³-hybridized carbons (Fsp3) is 0.417. The molecule has 1 aliphatic rings. The van der Waals surface area contributed by atoms with Gasteiger partial charge < -0.3 is 10.1 Å². The molecule has 1 amide bonds. The predicted octanol–water partition coefficient (Wildman–Crippen LogP) is -0.295. The second-order valence-corrected chi connectivity index (χ2v) is 6.09. The molecular formula is C12H16N2O4S. The molecule has 7 heteroatoms. The molecule has 1 aromatic carbocycles. The Hall–Kier alpha value is -1.44. The number of primary sulfonamides is 1. The van der Waals surface area contributed by atoms with Crippen LogP contribution >= 0.6 is 0 Å². The predicted molar refractivity (Wildman–Crippen MR) is 69.8 cm³/mol.